The molecule has 0 bridgehead atoms. The number of anilines is 1. The summed E-state index contributed by atoms with van der Waals surface area (Å²) >= 11 is 0. The molecular formula is C17H24N2O5S2. The molecule has 0 saturated carbocycles. The van der Waals surface area contributed by atoms with Crippen LogP contribution in [0.15, 0.2) is 29.2 Å². The van der Waals surface area contributed by atoms with E-state index in [2.05, 4.69) is 0 Å². The standard InChI is InChI=1S/C17H24N2O5S2/c1-12-11-25(21,22)19(17(12)20)15-7-9-16(10-8-15)26(23,24)18-13(2)5-4-6-14(18)3/h7-10,12-14H,4-6,11H2,1-3H3/t12?,13-,14+. The van der Waals surface area contributed by atoms with Crippen molar-refractivity contribution in [3.8, 4) is 0 Å². The maximum atomic E-state index is 13.0. The maximum Gasteiger partial charge on any atom is 0.244 e. The molecule has 9 heteroatoms. The first-order valence-electron chi connectivity index (χ1n) is 8.76. The average molecular weight is 401 g/mol. The summed E-state index contributed by atoms with van der Waals surface area (Å²) in [5.41, 5.74) is 0.179. The third-order valence-electron chi connectivity index (χ3n) is 5.12. The predicted octanol–water partition coefficient (Wildman–Crippen LogP) is 1.95. The van der Waals surface area contributed by atoms with E-state index < -0.39 is 31.9 Å². The van der Waals surface area contributed by atoms with Crippen molar-refractivity contribution in [2.24, 2.45) is 5.92 Å². The number of piperidine rings is 1. The Morgan fingerprint density at radius 1 is 1.00 bits per heavy atom. The smallest absolute Gasteiger partial charge is 0.244 e. The van der Waals surface area contributed by atoms with E-state index in [1.807, 2.05) is 13.8 Å². The van der Waals surface area contributed by atoms with Crippen LogP contribution in [0.2, 0.25) is 0 Å². The van der Waals surface area contributed by atoms with E-state index in [0.29, 0.717) is 0 Å². The van der Waals surface area contributed by atoms with Gasteiger partial charge in [-0.2, -0.15) is 4.31 Å². The zero-order valence-corrected chi connectivity index (χ0v) is 16.8. The second kappa shape index (κ2) is 6.61. The molecule has 0 spiro atoms. The first kappa shape index (κ1) is 19.3. The number of hydrogen-bond acceptors (Lipinski definition) is 5. The van der Waals surface area contributed by atoms with Crippen LogP contribution in [-0.2, 0) is 24.8 Å². The Hall–Kier alpha value is -1.45. The van der Waals surface area contributed by atoms with Gasteiger partial charge in [-0.1, -0.05) is 13.3 Å². The highest BCUT2D eigenvalue weighted by molar-refractivity contribution is 7.94. The van der Waals surface area contributed by atoms with Gasteiger partial charge in [-0.3, -0.25) is 4.79 Å². The lowest BCUT2D eigenvalue weighted by atomic mass is 10.0. The van der Waals surface area contributed by atoms with Crippen molar-refractivity contribution in [1.82, 2.24) is 4.31 Å². The van der Waals surface area contributed by atoms with Crippen molar-refractivity contribution >= 4 is 31.6 Å². The summed E-state index contributed by atoms with van der Waals surface area (Å²) < 4.78 is 52.7. The number of carbonyl (C=O) groups is 1. The van der Waals surface area contributed by atoms with Crippen LogP contribution in [0.5, 0.6) is 0 Å². The molecule has 0 aromatic heterocycles. The van der Waals surface area contributed by atoms with Crippen LogP contribution in [0.3, 0.4) is 0 Å². The Bertz CT molecular complexity index is 899. The molecule has 3 atom stereocenters. The number of hydrogen-bond donors (Lipinski definition) is 0. The molecule has 2 saturated heterocycles. The molecular weight excluding hydrogens is 376 g/mol. The van der Waals surface area contributed by atoms with Crippen molar-refractivity contribution in [2.75, 3.05) is 10.1 Å². The minimum Gasteiger partial charge on any atom is -0.273 e. The van der Waals surface area contributed by atoms with E-state index in [1.54, 1.807) is 6.92 Å². The van der Waals surface area contributed by atoms with Crippen LogP contribution in [0.4, 0.5) is 5.69 Å². The number of amides is 1. The minimum absolute atomic E-state index is 0.0789. The van der Waals surface area contributed by atoms with Gasteiger partial charge < -0.3 is 0 Å². The number of sulfonamides is 2. The van der Waals surface area contributed by atoms with E-state index >= 15 is 0 Å². The van der Waals surface area contributed by atoms with Crippen molar-refractivity contribution < 1.29 is 21.6 Å². The Morgan fingerprint density at radius 3 is 2.00 bits per heavy atom. The van der Waals surface area contributed by atoms with E-state index in [-0.39, 0.29) is 28.4 Å². The molecule has 0 N–H and O–H groups in total. The molecule has 1 aromatic carbocycles. The molecule has 7 nitrogen and oxygen atoms in total. The van der Waals surface area contributed by atoms with Gasteiger partial charge in [0.1, 0.15) is 0 Å². The first-order valence-corrected chi connectivity index (χ1v) is 11.8. The number of carbonyl (C=O) groups excluding carboxylic acids is 1. The molecule has 1 amide bonds. The molecule has 2 fully saturated rings. The van der Waals surface area contributed by atoms with E-state index in [1.165, 1.54) is 28.6 Å². The van der Waals surface area contributed by atoms with Crippen molar-refractivity contribution in [3.05, 3.63) is 24.3 Å². The van der Waals surface area contributed by atoms with Gasteiger partial charge in [0.2, 0.25) is 26.0 Å². The fourth-order valence-corrected chi connectivity index (χ4v) is 7.54. The molecule has 2 aliphatic heterocycles. The van der Waals surface area contributed by atoms with Crippen LogP contribution in [-0.4, -0.2) is 44.9 Å². The second-order valence-electron chi connectivity index (χ2n) is 7.24. The van der Waals surface area contributed by atoms with E-state index in [0.717, 1.165) is 23.6 Å². The zero-order chi connectivity index (χ0) is 19.3. The third kappa shape index (κ3) is 3.16. The van der Waals surface area contributed by atoms with Gasteiger partial charge >= 0.3 is 0 Å². The van der Waals surface area contributed by atoms with Crippen LogP contribution in [0, 0.1) is 5.92 Å². The number of rotatable bonds is 3. The summed E-state index contributed by atoms with van der Waals surface area (Å²) in [4.78, 5) is 12.3. The Balaban J connectivity index is 1.94. The fourth-order valence-electron chi connectivity index (χ4n) is 3.83. The Kier molecular flexibility index (Phi) is 4.91. The van der Waals surface area contributed by atoms with Crippen molar-refractivity contribution in [3.63, 3.8) is 0 Å². The lowest BCUT2D eigenvalue weighted by Gasteiger charge is -2.37. The van der Waals surface area contributed by atoms with Gasteiger partial charge in [0.15, 0.2) is 0 Å². The largest absolute Gasteiger partial charge is 0.273 e. The predicted molar refractivity (Wildman–Crippen MR) is 98.7 cm³/mol. The van der Waals surface area contributed by atoms with Crippen LogP contribution in [0.1, 0.15) is 40.0 Å². The molecule has 0 aliphatic carbocycles. The molecule has 144 valence electrons. The summed E-state index contributed by atoms with van der Waals surface area (Å²) in [6, 6.07) is 5.38. The maximum absolute atomic E-state index is 13.0. The van der Waals surface area contributed by atoms with Gasteiger partial charge in [0.05, 0.1) is 22.3 Å². The summed E-state index contributed by atoms with van der Waals surface area (Å²) in [5, 5.41) is 0. The summed E-state index contributed by atoms with van der Waals surface area (Å²) in [7, 11) is -7.37. The second-order valence-corrected chi connectivity index (χ2v) is 10.9. The molecule has 3 rings (SSSR count). The first-order chi connectivity index (χ1) is 12.1. The van der Waals surface area contributed by atoms with Gasteiger partial charge in [0.25, 0.3) is 0 Å². The highest BCUT2D eigenvalue weighted by Crippen LogP contribution is 2.32. The van der Waals surface area contributed by atoms with E-state index in [4.69, 9.17) is 0 Å². The SMILES string of the molecule is CC1CS(=O)(=O)N(c2ccc(S(=O)(=O)N3[C@H](C)CCC[C@@H]3C)cc2)C1=O. The zero-order valence-electron chi connectivity index (χ0n) is 15.1. The quantitative estimate of drug-likeness (QED) is 0.773. The van der Waals surface area contributed by atoms with E-state index in [9.17, 15) is 21.6 Å². The summed E-state index contributed by atoms with van der Waals surface area (Å²) in [5.74, 6) is -1.31. The minimum atomic E-state index is -3.70. The van der Waals surface area contributed by atoms with Gasteiger partial charge in [-0.05, 0) is 51.0 Å². The monoisotopic (exact) mass is 400 g/mol. The van der Waals surface area contributed by atoms with Crippen molar-refractivity contribution in [2.45, 2.75) is 57.0 Å². The van der Waals surface area contributed by atoms with Crippen molar-refractivity contribution in [1.29, 1.82) is 0 Å². The number of nitrogens with zero attached hydrogens (tertiary/aromatic N) is 2. The molecule has 2 heterocycles. The third-order valence-corrected chi connectivity index (χ3v) is 9.13. The normalized spacial score (nSPS) is 29.9. The van der Waals surface area contributed by atoms with Crippen LogP contribution in [0.25, 0.3) is 0 Å². The lowest BCUT2D eigenvalue weighted by molar-refractivity contribution is -0.119. The molecule has 1 aromatic rings. The topological polar surface area (TPSA) is 91.8 Å². The van der Waals surface area contributed by atoms with Gasteiger partial charge in [-0.25, -0.2) is 21.1 Å². The average Bonchev–Trinajstić information content (AvgIpc) is 2.74. The highest BCUT2D eigenvalue weighted by atomic mass is 32.2. The Labute approximate surface area is 155 Å². The molecule has 1 unspecified atom stereocenters. The summed E-state index contributed by atoms with van der Waals surface area (Å²) in [6.45, 7) is 5.37. The van der Waals surface area contributed by atoms with Crippen LogP contribution >= 0.6 is 0 Å². The number of benzene rings is 1. The van der Waals surface area contributed by atoms with Gasteiger partial charge in [-0.15, -0.1) is 0 Å². The fraction of sp³-hybridized carbons (Fsp3) is 0.588. The van der Waals surface area contributed by atoms with Crippen LogP contribution < -0.4 is 4.31 Å². The molecule has 26 heavy (non-hydrogen) atoms. The molecule has 0 radical (unpaired) electrons. The highest BCUT2D eigenvalue weighted by Gasteiger charge is 2.42. The molecule has 2 aliphatic rings. The Morgan fingerprint density at radius 2 is 1.54 bits per heavy atom. The van der Waals surface area contributed by atoms with Gasteiger partial charge in [0, 0.05) is 12.1 Å². The lowest BCUT2D eigenvalue weighted by Crippen LogP contribution is -2.47. The summed E-state index contributed by atoms with van der Waals surface area (Å²) in [6.07, 6.45) is 2.64.